The van der Waals surface area contributed by atoms with Crippen LogP contribution in [-0.2, 0) is 0 Å². The first-order chi connectivity index (χ1) is 11.3. The smallest absolute Gasteiger partial charge is 0.0471 e. The number of nitrogens with zero attached hydrogens (tertiary/aromatic N) is 3. The summed E-state index contributed by atoms with van der Waals surface area (Å²) in [4.78, 5) is 10.1. The van der Waals surface area contributed by atoms with Gasteiger partial charge < -0.3 is 10.2 Å². The molecule has 3 aliphatic rings. The van der Waals surface area contributed by atoms with Crippen LogP contribution in [0.2, 0.25) is 0 Å². The molecule has 0 aromatic carbocycles. The minimum atomic E-state index is 0.605. The normalized spacial score (nSPS) is 27.0. The Balaban J connectivity index is 1.43. The lowest BCUT2D eigenvalue weighted by molar-refractivity contribution is 0.187. The van der Waals surface area contributed by atoms with Gasteiger partial charge in [-0.25, -0.2) is 0 Å². The molecule has 1 saturated carbocycles. The molecule has 1 N–H and O–H groups in total. The van der Waals surface area contributed by atoms with E-state index in [0.717, 1.165) is 19.1 Å². The zero-order valence-corrected chi connectivity index (χ0v) is 14.4. The van der Waals surface area contributed by atoms with Crippen molar-refractivity contribution in [2.75, 3.05) is 44.2 Å². The second-order valence-electron chi connectivity index (χ2n) is 7.54. The summed E-state index contributed by atoms with van der Waals surface area (Å²) in [5, 5.41) is 3.47. The van der Waals surface area contributed by atoms with Gasteiger partial charge in [0.05, 0.1) is 0 Å². The van der Waals surface area contributed by atoms with Crippen LogP contribution in [0.3, 0.4) is 0 Å². The molecule has 0 radical (unpaired) electrons. The third kappa shape index (κ3) is 3.38. The first kappa shape index (κ1) is 15.4. The molecule has 0 bridgehead atoms. The molecule has 4 heteroatoms. The van der Waals surface area contributed by atoms with Gasteiger partial charge in [-0.1, -0.05) is 12.8 Å². The number of anilines is 1. The topological polar surface area (TPSA) is 31.4 Å². The predicted molar refractivity (Wildman–Crippen MR) is 95.2 cm³/mol. The molecular weight excluding hydrogens is 284 g/mol. The molecule has 4 nitrogen and oxygen atoms in total. The van der Waals surface area contributed by atoms with Crippen molar-refractivity contribution in [2.24, 2.45) is 0 Å². The van der Waals surface area contributed by atoms with Gasteiger partial charge >= 0.3 is 0 Å². The summed E-state index contributed by atoms with van der Waals surface area (Å²) in [6.07, 6.45) is 6.95. The number of rotatable bonds is 3. The van der Waals surface area contributed by atoms with E-state index in [1.807, 2.05) is 0 Å². The Bertz CT molecular complexity index is 524. The van der Waals surface area contributed by atoms with Gasteiger partial charge in [-0.15, -0.1) is 0 Å². The highest BCUT2D eigenvalue weighted by molar-refractivity contribution is 5.49. The molecule has 4 rings (SSSR count). The van der Waals surface area contributed by atoms with Gasteiger partial charge in [0.1, 0.15) is 0 Å². The zero-order valence-electron chi connectivity index (χ0n) is 14.4. The van der Waals surface area contributed by atoms with Crippen LogP contribution in [-0.4, -0.2) is 55.2 Å². The lowest BCUT2D eigenvalue weighted by Crippen LogP contribution is -2.49. The number of aromatic nitrogens is 1. The van der Waals surface area contributed by atoms with Crippen molar-refractivity contribution in [3.8, 4) is 0 Å². The Morgan fingerprint density at radius 2 is 1.83 bits per heavy atom. The van der Waals surface area contributed by atoms with Crippen molar-refractivity contribution >= 4 is 5.69 Å². The van der Waals surface area contributed by atoms with Gasteiger partial charge in [0.15, 0.2) is 0 Å². The quantitative estimate of drug-likeness (QED) is 0.929. The van der Waals surface area contributed by atoms with E-state index >= 15 is 0 Å². The fourth-order valence-electron chi connectivity index (χ4n) is 4.59. The number of piperazine rings is 1. The number of hydrogen-bond donors (Lipinski definition) is 1. The summed E-state index contributed by atoms with van der Waals surface area (Å²) in [5.41, 5.74) is 3.86. The number of aryl methyl sites for hydroxylation is 1. The summed E-state index contributed by atoms with van der Waals surface area (Å²) >= 11 is 0. The molecular formula is C19H30N4. The Kier molecular flexibility index (Phi) is 4.54. The molecule has 2 aliphatic heterocycles. The summed E-state index contributed by atoms with van der Waals surface area (Å²) in [7, 11) is 0. The van der Waals surface area contributed by atoms with E-state index in [2.05, 4.69) is 34.2 Å². The van der Waals surface area contributed by atoms with Crippen LogP contribution in [0.15, 0.2) is 12.1 Å². The molecule has 3 heterocycles. The molecule has 1 atom stereocenters. The molecule has 1 aromatic rings. The van der Waals surface area contributed by atoms with E-state index < -0.39 is 0 Å². The Morgan fingerprint density at radius 3 is 2.52 bits per heavy atom. The number of pyridine rings is 1. The number of hydrogen-bond acceptors (Lipinski definition) is 4. The number of nitrogens with one attached hydrogen (secondary N) is 1. The molecule has 1 aliphatic carbocycles. The van der Waals surface area contributed by atoms with Crippen LogP contribution in [0, 0.1) is 6.92 Å². The minimum Gasteiger partial charge on any atom is -0.369 e. The van der Waals surface area contributed by atoms with Gasteiger partial charge in [0, 0.05) is 61.8 Å². The van der Waals surface area contributed by atoms with Crippen LogP contribution in [0.4, 0.5) is 5.69 Å². The van der Waals surface area contributed by atoms with Crippen molar-refractivity contribution in [1.29, 1.82) is 0 Å². The summed E-state index contributed by atoms with van der Waals surface area (Å²) in [6, 6.07) is 5.50. The molecule has 0 amide bonds. The molecule has 3 fully saturated rings. The van der Waals surface area contributed by atoms with E-state index in [1.54, 1.807) is 0 Å². The average molecular weight is 314 g/mol. The van der Waals surface area contributed by atoms with Crippen LogP contribution in [0.1, 0.15) is 49.4 Å². The lowest BCUT2D eigenvalue weighted by atomic mass is 10.0. The maximum Gasteiger partial charge on any atom is 0.0471 e. The Hall–Kier alpha value is -1.13. The molecule has 0 spiro atoms. The van der Waals surface area contributed by atoms with Crippen LogP contribution < -0.4 is 10.2 Å². The van der Waals surface area contributed by atoms with Gasteiger partial charge in [0.25, 0.3) is 0 Å². The molecule has 2 saturated heterocycles. The van der Waals surface area contributed by atoms with Crippen LogP contribution >= 0.6 is 0 Å². The zero-order chi connectivity index (χ0) is 15.6. The third-order valence-corrected chi connectivity index (χ3v) is 5.96. The highest BCUT2D eigenvalue weighted by atomic mass is 15.3. The third-order valence-electron chi connectivity index (χ3n) is 5.96. The molecule has 126 valence electrons. The Morgan fingerprint density at radius 1 is 1.04 bits per heavy atom. The first-order valence-corrected chi connectivity index (χ1v) is 9.48. The van der Waals surface area contributed by atoms with Gasteiger partial charge in [-0.2, -0.15) is 0 Å². The van der Waals surface area contributed by atoms with Crippen molar-refractivity contribution in [1.82, 2.24) is 15.2 Å². The van der Waals surface area contributed by atoms with Crippen molar-refractivity contribution < 1.29 is 0 Å². The molecule has 1 unspecified atom stereocenters. The molecule has 23 heavy (non-hydrogen) atoms. The van der Waals surface area contributed by atoms with E-state index in [1.165, 1.54) is 75.4 Å². The van der Waals surface area contributed by atoms with Crippen molar-refractivity contribution in [3.05, 3.63) is 23.5 Å². The summed E-state index contributed by atoms with van der Waals surface area (Å²) in [5.74, 6) is 0.605. The fraction of sp³-hybridized carbons (Fsp3) is 0.737. The fourth-order valence-corrected chi connectivity index (χ4v) is 4.59. The summed E-state index contributed by atoms with van der Waals surface area (Å²) < 4.78 is 0. The van der Waals surface area contributed by atoms with Crippen molar-refractivity contribution in [3.63, 3.8) is 0 Å². The van der Waals surface area contributed by atoms with Crippen LogP contribution in [0.25, 0.3) is 0 Å². The monoisotopic (exact) mass is 314 g/mol. The maximum atomic E-state index is 4.81. The van der Waals surface area contributed by atoms with Crippen molar-refractivity contribution in [2.45, 2.75) is 51.0 Å². The highest BCUT2D eigenvalue weighted by Gasteiger charge is 2.27. The largest absolute Gasteiger partial charge is 0.369 e. The average Bonchev–Trinajstić information content (AvgIpc) is 3.28. The van der Waals surface area contributed by atoms with E-state index in [4.69, 9.17) is 4.98 Å². The van der Waals surface area contributed by atoms with Gasteiger partial charge in [-0.05, 0) is 44.9 Å². The second-order valence-corrected chi connectivity index (χ2v) is 7.54. The van der Waals surface area contributed by atoms with Crippen LogP contribution in [0.5, 0.6) is 0 Å². The highest BCUT2D eigenvalue weighted by Crippen LogP contribution is 2.28. The summed E-state index contributed by atoms with van der Waals surface area (Å²) in [6.45, 7) is 9.16. The lowest BCUT2D eigenvalue weighted by Gasteiger charge is -2.39. The SMILES string of the molecule is Cc1cc(N2CCN(C3CCCC3)CC2)cc(C2CCNC2)n1. The standard InChI is InChI=1S/C19H30N4/c1-15-12-18(13-19(21-15)16-6-7-20-14-16)23-10-8-22(9-11-23)17-4-2-3-5-17/h12-13,16-17,20H,2-11,14H2,1H3. The predicted octanol–water partition coefficient (Wildman–Crippen LogP) is 2.53. The van der Waals surface area contributed by atoms with E-state index in [9.17, 15) is 0 Å². The van der Waals surface area contributed by atoms with E-state index in [0.29, 0.717) is 5.92 Å². The first-order valence-electron chi connectivity index (χ1n) is 9.48. The maximum absolute atomic E-state index is 4.81. The van der Waals surface area contributed by atoms with E-state index in [-0.39, 0.29) is 0 Å². The molecule has 1 aromatic heterocycles. The van der Waals surface area contributed by atoms with Gasteiger partial charge in [-0.3, -0.25) is 9.88 Å². The van der Waals surface area contributed by atoms with Gasteiger partial charge in [0.2, 0.25) is 0 Å². The minimum absolute atomic E-state index is 0.605. The second kappa shape index (κ2) is 6.78. The Labute approximate surface area is 140 Å².